The van der Waals surface area contributed by atoms with Gasteiger partial charge in [0.25, 0.3) is 0 Å². The Hall–Kier alpha value is -2.46. The fourth-order valence-electron chi connectivity index (χ4n) is 1.94. The number of thiophene rings is 1. The first-order chi connectivity index (χ1) is 9.13. The monoisotopic (exact) mass is 270 g/mol. The lowest BCUT2D eigenvalue weighted by Crippen LogP contribution is -2.05. The van der Waals surface area contributed by atoms with Gasteiger partial charge in [-0.15, -0.1) is 11.3 Å². The van der Waals surface area contributed by atoms with E-state index in [1.807, 2.05) is 19.9 Å². The lowest BCUT2D eigenvalue weighted by atomic mass is 10.2. The molecule has 0 spiro atoms. The van der Waals surface area contributed by atoms with E-state index < -0.39 is 0 Å². The molecule has 0 radical (unpaired) electrons. The summed E-state index contributed by atoms with van der Waals surface area (Å²) in [6, 6.07) is 2.00. The van der Waals surface area contributed by atoms with E-state index >= 15 is 0 Å². The maximum Gasteiger partial charge on any atom is 0.168 e. The van der Waals surface area contributed by atoms with Crippen molar-refractivity contribution in [1.82, 2.24) is 19.7 Å². The second-order valence-corrected chi connectivity index (χ2v) is 5.33. The largest absolute Gasteiger partial charge is 0.382 e. The average molecular weight is 270 g/mol. The van der Waals surface area contributed by atoms with Crippen molar-refractivity contribution in [3.8, 4) is 11.9 Å². The van der Waals surface area contributed by atoms with Crippen molar-refractivity contribution in [2.45, 2.75) is 13.8 Å². The van der Waals surface area contributed by atoms with Crippen molar-refractivity contribution in [2.24, 2.45) is 0 Å². The van der Waals surface area contributed by atoms with E-state index in [0.717, 1.165) is 15.8 Å². The number of aromatic nitrogens is 4. The van der Waals surface area contributed by atoms with E-state index in [0.29, 0.717) is 17.2 Å². The second-order valence-electron chi connectivity index (χ2n) is 4.13. The Morgan fingerprint density at radius 3 is 2.84 bits per heavy atom. The van der Waals surface area contributed by atoms with Crippen LogP contribution in [-0.2, 0) is 0 Å². The average Bonchev–Trinajstić information content (AvgIpc) is 2.91. The number of nitrogens with zero attached hydrogens (tertiary/aromatic N) is 5. The molecule has 94 valence electrons. The molecule has 7 heteroatoms. The summed E-state index contributed by atoms with van der Waals surface area (Å²) in [5.74, 6) is 0.914. The van der Waals surface area contributed by atoms with Gasteiger partial charge in [-0.1, -0.05) is 0 Å². The quantitative estimate of drug-likeness (QED) is 0.729. The maximum absolute atomic E-state index is 8.94. The van der Waals surface area contributed by atoms with Gasteiger partial charge in [0, 0.05) is 4.88 Å². The van der Waals surface area contributed by atoms with Crippen molar-refractivity contribution in [3.63, 3.8) is 0 Å². The summed E-state index contributed by atoms with van der Waals surface area (Å²) >= 11 is 1.61. The number of rotatable bonds is 1. The van der Waals surface area contributed by atoms with E-state index in [1.165, 1.54) is 22.1 Å². The smallest absolute Gasteiger partial charge is 0.168 e. The first-order valence-electron chi connectivity index (χ1n) is 5.58. The molecule has 19 heavy (non-hydrogen) atoms. The zero-order valence-corrected chi connectivity index (χ0v) is 11.2. The summed E-state index contributed by atoms with van der Waals surface area (Å²) in [4.78, 5) is 10.6. The van der Waals surface area contributed by atoms with Gasteiger partial charge in [-0.05, 0) is 19.4 Å². The second kappa shape index (κ2) is 4.03. The highest BCUT2D eigenvalue weighted by atomic mass is 32.1. The summed E-state index contributed by atoms with van der Waals surface area (Å²) in [5, 5.41) is 14.0. The summed E-state index contributed by atoms with van der Waals surface area (Å²) < 4.78 is 1.49. The van der Waals surface area contributed by atoms with Crippen LogP contribution in [0, 0.1) is 25.2 Å². The molecular weight excluding hydrogens is 260 g/mol. The number of anilines is 1. The van der Waals surface area contributed by atoms with E-state index in [2.05, 4.69) is 15.1 Å². The first-order valence-corrected chi connectivity index (χ1v) is 6.39. The summed E-state index contributed by atoms with van der Waals surface area (Å²) in [6.07, 6.45) is 2.93. The first kappa shape index (κ1) is 11.6. The van der Waals surface area contributed by atoms with E-state index in [1.54, 1.807) is 11.3 Å². The predicted molar refractivity (Wildman–Crippen MR) is 73.1 cm³/mol. The number of nitrogen functional groups attached to an aromatic ring is 1. The highest BCUT2D eigenvalue weighted by Gasteiger charge is 2.16. The Bertz CT molecular complexity index is 823. The minimum Gasteiger partial charge on any atom is -0.382 e. The fraction of sp³-hybridized carbons (Fsp3) is 0.167. The van der Waals surface area contributed by atoms with Gasteiger partial charge in [0.15, 0.2) is 5.82 Å². The van der Waals surface area contributed by atoms with Gasteiger partial charge >= 0.3 is 0 Å². The van der Waals surface area contributed by atoms with Crippen LogP contribution in [0.5, 0.6) is 0 Å². The SMILES string of the molecule is Cc1sc2ncnc(-n3ncc(C#N)c3N)c2c1C. The molecule has 0 amide bonds. The number of fused-ring (bicyclic) bond motifs is 1. The standard InChI is InChI=1S/C12H10N6S/c1-6-7(2)19-12-9(6)11(15-5-16-12)18-10(14)8(3-13)4-17-18/h4-5H,14H2,1-2H3. The minimum absolute atomic E-state index is 0.297. The van der Waals surface area contributed by atoms with E-state index in [9.17, 15) is 0 Å². The van der Waals surface area contributed by atoms with Crippen LogP contribution >= 0.6 is 11.3 Å². The summed E-state index contributed by atoms with van der Waals surface area (Å²) in [5.41, 5.74) is 7.37. The van der Waals surface area contributed by atoms with Crippen LogP contribution in [0.1, 0.15) is 16.0 Å². The lowest BCUT2D eigenvalue weighted by molar-refractivity contribution is 0.861. The van der Waals surface area contributed by atoms with Crippen LogP contribution in [-0.4, -0.2) is 19.7 Å². The lowest BCUT2D eigenvalue weighted by Gasteiger charge is -2.05. The molecule has 3 aromatic heterocycles. The Kier molecular flexibility index (Phi) is 2.47. The van der Waals surface area contributed by atoms with Crippen molar-refractivity contribution < 1.29 is 0 Å². The fourth-order valence-corrected chi connectivity index (χ4v) is 2.93. The minimum atomic E-state index is 0.297. The summed E-state index contributed by atoms with van der Waals surface area (Å²) in [7, 11) is 0. The van der Waals surface area contributed by atoms with Crippen LogP contribution in [0.3, 0.4) is 0 Å². The zero-order valence-electron chi connectivity index (χ0n) is 10.4. The number of hydrogen-bond donors (Lipinski definition) is 1. The van der Waals surface area contributed by atoms with Crippen molar-refractivity contribution >= 4 is 27.4 Å². The molecule has 0 aliphatic heterocycles. The van der Waals surface area contributed by atoms with Gasteiger partial charge in [0.2, 0.25) is 0 Å². The highest BCUT2D eigenvalue weighted by Crippen LogP contribution is 2.32. The highest BCUT2D eigenvalue weighted by molar-refractivity contribution is 7.18. The number of hydrogen-bond acceptors (Lipinski definition) is 6. The molecule has 0 unspecified atom stereocenters. The molecule has 0 saturated carbocycles. The van der Waals surface area contributed by atoms with Gasteiger partial charge in [0.1, 0.15) is 28.6 Å². The molecule has 0 aliphatic rings. The van der Waals surface area contributed by atoms with Gasteiger partial charge < -0.3 is 5.73 Å². The third-order valence-electron chi connectivity index (χ3n) is 3.07. The maximum atomic E-state index is 8.94. The van der Waals surface area contributed by atoms with Crippen LogP contribution in [0.15, 0.2) is 12.5 Å². The van der Waals surface area contributed by atoms with Gasteiger partial charge in [-0.2, -0.15) is 15.0 Å². The van der Waals surface area contributed by atoms with Crippen LogP contribution in [0.25, 0.3) is 16.0 Å². The number of nitrogens with two attached hydrogens (primary N) is 1. The molecule has 0 atom stereocenters. The van der Waals surface area contributed by atoms with Crippen LogP contribution in [0.2, 0.25) is 0 Å². The molecule has 3 rings (SSSR count). The normalized spacial score (nSPS) is 10.8. The molecule has 0 aliphatic carbocycles. The van der Waals surface area contributed by atoms with Crippen molar-refractivity contribution in [2.75, 3.05) is 5.73 Å². The Morgan fingerprint density at radius 1 is 1.37 bits per heavy atom. The molecule has 0 saturated heterocycles. The van der Waals surface area contributed by atoms with E-state index in [4.69, 9.17) is 11.0 Å². The topological polar surface area (TPSA) is 93.4 Å². The number of aryl methyl sites for hydroxylation is 2. The third kappa shape index (κ3) is 1.57. The molecule has 2 N–H and O–H groups in total. The van der Waals surface area contributed by atoms with Gasteiger partial charge in [-0.3, -0.25) is 0 Å². The van der Waals surface area contributed by atoms with Crippen LogP contribution in [0.4, 0.5) is 5.82 Å². The Morgan fingerprint density at radius 2 is 2.16 bits per heavy atom. The molecular formula is C12H10N6S. The predicted octanol–water partition coefficient (Wildman–Crippen LogP) is 1.95. The molecule has 0 bridgehead atoms. The molecule has 0 fully saturated rings. The molecule has 3 aromatic rings. The van der Waals surface area contributed by atoms with Crippen LogP contribution < -0.4 is 5.73 Å². The van der Waals surface area contributed by atoms with E-state index in [-0.39, 0.29) is 0 Å². The number of nitriles is 1. The third-order valence-corrected chi connectivity index (χ3v) is 4.19. The van der Waals surface area contributed by atoms with Crippen molar-refractivity contribution in [1.29, 1.82) is 5.26 Å². The Balaban J connectivity index is 2.37. The molecule has 3 heterocycles. The summed E-state index contributed by atoms with van der Waals surface area (Å²) in [6.45, 7) is 4.06. The van der Waals surface area contributed by atoms with Crippen molar-refractivity contribution in [3.05, 3.63) is 28.5 Å². The zero-order chi connectivity index (χ0) is 13.6. The Labute approximate surface area is 113 Å². The van der Waals surface area contributed by atoms with Gasteiger partial charge in [-0.25, -0.2) is 9.97 Å². The molecule has 6 nitrogen and oxygen atoms in total. The van der Waals surface area contributed by atoms with Gasteiger partial charge in [0.05, 0.1) is 11.6 Å². The molecule has 0 aromatic carbocycles.